The third kappa shape index (κ3) is 4.31. The van der Waals surface area contributed by atoms with E-state index in [9.17, 15) is 14.4 Å². The maximum absolute atomic E-state index is 11.6. The van der Waals surface area contributed by atoms with Gasteiger partial charge in [0.2, 0.25) is 11.8 Å². The predicted molar refractivity (Wildman–Crippen MR) is 78.2 cm³/mol. The number of carbonyl (C=O) groups excluding carboxylic acids is 3. The number of aryl methyl sites for hydroxylation is 1. The SMILES string of the molecule is CCc1cccc(OCCOC(=O)CN2C(=O)CCC2=O)c1. The van der Waals surface area contributed by atoms with Crippen LogP contribution >= 0.6 is 0 Å². The molecule has 1 aromatic carbocycles. The number of hydrogen-bond donors (Lipinski definition) is 0. The molecule has 0 spiro atoms. The van der Waals surface area contributed by atoms with Crippen LogP contribution < -0.4 is 4.74 Å². The highest BCUT2D eigenvalue weighted by Gasteiger charge is 2.30. The molecule has 0 aliphatic carbocycles. The summed E-state index contributed by atoms with van der Waals surface area (Å²) >= 11 is 0. The molecule has 1 aromatic rings. The number of likely N-dealkylation sites (tertiary alicyclic amines) is 1. The lowest BCUT2D eigenvalue weighted by Gasteiger charge is -2.13. The van der Waals surface area contributed by atoms with Gasteiger partial charge in [-0.3, -0.25) is 19.3 Å². The number of hydrogen-bond acceptors (Lipinski definition) is 5. The van der Waals surface area contributed by atoms with Crippen molar-refractivity contribution in [2.24, 2.45) is 0 Å². The van der Waals surface area contributed by atoms with Gasteiger partial charge in [-0.2, -0.15) is 0 Å². The van der Waals surface area contributed by atoms with E-state index in [0.29, 0.717) is 0 Å². The van der Waals surface area contributed by atoms with E-state index in [0.717, 1.165) is 17.1 Å². The lowest BCUT2D eigenvalue weighted by atomic mass is 10.2. The van der Waals surface area contributed by atoms with Crippen LogP contribution in [-0.2, 0) is 25.5 Å². The van der Waals surface area contributed by atoms with Gasteiger partial charge in [-0.15, -0.1) is 0 Å². The molecule has 0 unspecified atom stereocenters. The highest BCUT2D eigenvalue weighted by atomic mass is 16.6. The Hall–Kier alpha value is -2.37. The van der Waals surface area contributed by atoms with Crippen molar-refractivity contribution in [1.82, 2.24) is 4.90 Å². The van der Waals surface area contributed by atoms with E-state index < -0.39 is 5.97 Å². The van der Waals surface area contributed by atoms with Crippen molar-refractivity contribution in [1.29, 1.82) is 0 Å². The van der Waals surface area contributed by atoms with E-state index in [-0.39, 0.29) is 44.4 Å². The third-order valence-corrected chi connectivity index (χ3v) is 3.36. The number of imide groups is 1. The van der Waals surface area contributed by atoms with Gasteiger partial charge < -0.3 is 9.47 Å². The average molecular weight is 305 g/mol. The molecule has 0 aromatic heterocycles. The largest absolute Gasteiger partial charge is 0.490 e. The first-order valence-corrected chi connectivity index (χ1v) is 7.30. The second-order valence-electron chi connectivity index (χ2n) is 4.94. The van der Waals surface area contributed by atoms with E-state index in [2.05, 4.69) is 6.92 Å². The predicted octanol–water partition coefficient (Wildman–Crippen LogP) is 1.32. The molecule has 0 saturated carbocycles. The minimum Gasteiger partial charge on any atom is -0.490 e. The molecule has 1 saturated heterocycles. The van der Waals surface area contributed by atoms with Crippen LogP contribution in [0.4, 0.5) is 0 Å². The summed E-state index contributed by atoms with van der Waals surface area (Å²) in [6, 6.07) is 7.69. The van der Waals surface area contributed by atoms with E-state index in [4.69, 9.17) is 9.47 Å². The summed E-state index contributed by atoms with van der Waals surface area (Å²) in [6.45, 7) is 2.04. The Morgan fingerprint density at radius 3 is 2.59 bits per heavy atom. The molecule has 6 nitrogen and oxygen atoms in total. The first-order chi connectivity index (χ1) is 10.6. The summed E-state index contributed by atoms with van der Waals surface area (Å²) < 4.78 is 10.5. The first-order valence-electron chi connectivity index (χ1n) is 7.30. The van der Waals surface area contributed by atoms with Crippen LogP contribution in [0.1, 0.15) is 25.3 Å². The van der Waals surface area contributed by atoms with Gasteiger partial charge in [0.05, 0.1) is 0 Å². The second-order valence-corrected chi connectivity index (χ2v) is 4.94. The quantitative estimate of drug-likeness (QED) is 0.431. The molecular weight excluding hydrogens is 286 g/mol. The molecule has 0 atom stereocenters. The highest BCUT2D eigenvalue weighted by molar-refractivity contribution is 6.04. The van der Waals surface area contributed by atoms with Gasteiger partial charge in [0.25, 0.3) is 0 Å². The zero-order valence-electron chi connectivity index (χ0n) is 12.5. The summed E-state index contributed by atoms with van der Waals surface area (Å²) in [7, 11) is 0. The number of carbonyl (C=O) groups is 3. The van der Waals surface area contributed by atoms with Crippen molar-refractivity contribution in [2.75, 3.05) is 19.8 Å². The number of nitrogens with zero attached hydrogens (tertiary/aromatic N) is 1. The third-order valence-electron chi connectivity index (χ3n) is 3.36. The fourth-order valence-corrected chi connectivity index (χ4v) is 2.14. The molecular formula is C16H19NO5. The van der Waals surface area contributed by atoms with Gasteiger partial charge >= 0.3 is 5.97 Å². The molecule has 22 heavy (non-hydrogen) atoms. The molecule has 0 bridgehead atoms. The van der Waals surface area contributed by atoms with Crippen LogP contribution in [0.3, 0.4) is 0 Å². The van der Waals surface area contributed by atoms with Crippen molar-refractivity contribution >= 4 is 17.8 Å². The molecule has 118 valence electrons. The standard InChI is InChI=1S/C16H19NO5/c1-2-12-4-3-5-13(10-12)21-8-9-22-16(20)11-17-14(18)6-7-15(17)19/h3-5,10H,2,6-9,11H2,1H3. The number of ether oxygens (including phenoxy) is 2. The summed E-state index contributed by atoms with van der Waals surface area (Å²) in [5, 5.41) is 0. The van der Waals surface area contributed by atoms with Crippen molar-refractivity contribution in [2.45, 2.75) is 26.2 Å². The van der Waals surface area contributed by atoms with Crippen LogP contribution in [0.25, 0.3) is 0 Å². The Morgan fingerprint density at radius 1 is 1.18 bits per heavy atom. The smallest absolute Gasteiger partial charge is 0.326 e. The van der Waals surface area contributed by atoms with Gasteiger partial charge in [0.15, 0.2) is 0 Å². The number of benzene rings is 1. The van der Waals surface area contributed by atoms with Crippen molar-refractivity contribution in [3.63, 3.8) is 0 Å². The second kappa shape index (κ2) is 7.59. The normalized spacial score (nSPS) is 14.3. The van der Waals surface area contributed by atoms with Gasteiger partial charge in [-0.25, -0.2) is 0 Å². The lowest BCUT2D eigenvalue weighted by Crippen LogP contribution is -2.35. The van der Waals surface area contributed by atoms with Crippen LogP contribution in [0.5, 0.6) is 5.75 Å². The van der Waals surface area contributed by atoms with Gasteiger partial charge in [-0.1, -0.05) is 19.1 Å². The Kier molecular flexibility index (Phi) is 5.52. The zero-order chi connectivity index (χ0) is 15.9. The molecule has 2 rings (SSSR count). The van der Waals surface area contributed by atoms with E-state index in [1.165, 1.54) is 5.56 Å². The molecule has 0 N–H and O–H groups in total. The Labute approximate surface area is 129 Å². The summed E-state index contributed by atoms with van der Waals surface area (Å²) in [5.74, 6) is -0.529. The van der Waals surface area contributed by atoms with E-state index in [1.807, 2.05) is 24.3 Å². The van der Waals surface area contributed by atoms with Crippen LogP contribution in [0.2, 0.25) is 0 Å². The number of rotatable bonds is 7. The first kappa shape index (κ1) is 16.0. The summed E-state index contributed by atoms with van der Waals surface area (Å²) in [4.78, 5) is 35.3. The van der Waals surface area contributed by atoms with Crippen molar-refractivity contribution in [3.8, 4) is 5.75 Å². The molecule has 1 fully saturated rings. The average Bonchev–Trinajstić information content (AvgIpc) is 2.83. The lowest BCUT2D eigenvalue weighted by molar-refractivity contribution is -0.152. The van der Waals surface area contributed by atoms with Crippen LogP contribution in [0, 0.1) is 0 Å². The fraction of sp³-hybridized carbons (Fsp3) is 0.438. The maximum Gasteiger partial charge on any atom is 0.326 e. The Balaban J connectivity index is 1.68. The van der Waals surface area contributed by atoms with Crippen LogP contribution in [-0.4, -0.2) is 42.4 Å². The molecule has 1 heterocycles. The minimum absolute atomic E-state index is 0.0748. The topological polar surface area (TPSA) is 72.9 Å². The monoisotopic (exact) mass is 305 g/mol. The Bertz CT molecular complexity index is 553. The van der Waals surface area contributed by atoms with E-state index in [1.54, 1.807) is 0 Å². The van der Waals surface area contributed by atoms with Crippen LogP contribution in [0.15, 0.2) is 24.3 Å². The molecule has 1 aliphatic rings. The maximum atomic E-state index is 11.6. The summed E-state index contributed by atoms with van der Waals surface area (Å²) in [6.07, 6.45) is 1.26. The number of esters is 1. The van der Waals surface area contributed by atoms with Gasteiger partial charge in [-0.05, 0) is 24.1 Å². The van der Waals surface area contributed by atoms with Crippen molar-refractivity contribution < 1.29 is 23.9 Å². The minimum atomic E-state index is -0.602. The molecule has 2 amide bonds. The molecule has 0 radical (unpaired) electrons. The molecule has 1 aliphatic heterocycles. The van der Waals surface area contributed by atoms with Gasteiger partial charge in [0.1, 0.15) is 25.5 Å². The zero-order valence-corrected chi connectivity index (χ0v) is 12.5. The highest BCUT2D eigenvalue weighted by Crippen LogP contribution is 2.13. The number of amides is 2. The fourth-order valence-electron chi connectivity index (χ4n) is 2.14. The van der Waals surface area contributed by atoms with Crippen molar-refractivity contribution in [3.05, 3.63) is 29.8 Å². The molecule has 6 heteroatoms. The Morgan fingerprint density at radius 2 is 1.91 bits per heavy atom. The van der Waals surface area contributed by atoms with E-state index >= 15 is 0 Å². The summed E-state index contributed by atoms with van der Waals surface area (Å²) in [5.41, 5.74) is 1.17. The van der Waals surface area contributed by atoms with Gasteiger partial charge in [0, 0.05) is 12.8 Å².